The van der Waals surface area contributed by atoms with Gasteiger partial charge in [0, 0.05) is 53.0 Å². The maximum absolute atomic E-state index is 16.0. The first-order chi connectivity index (χ1) is 23.7. The Morgan fingerprint density at radius 2 is 1.94 bits per heavy atom. The summed E-state index contributed by atoms with van der Waals surface area (Å²) in [6.07, 6.45) is -0.509. The highest BCUT2D eigenvalue weighted by molar-refractivity contribution is 7.18. The molecule has 1 N–H and O–H groups in total. The van der Waals surface area contributed by atoms with Crippen LogP contribution in [0.2, 0.25) is 0 Å². The summed E-state index contributed by atoms with van der Waals surface area (Å²) in [6.45, 7) is 6.41. The number of pyridine rings is 1. The third kappa shape index (κ3) is 6.11. The van der Waals surface area contributed by atoms with E-state index in [1.165, 1.54) is 17.4 Å². The Labute approximate surface area is 283 Å². The minimum absolute atomic E-state index is 0.0214. The van der Waals surface area contributed by atoms with E-state index in [0.717, 1.165) is 34.5 Å². The summed E-state index contributed by atoms with van der Waals surface area (Å²) >= 11 is 1.36. The number of rotatable bonds is 9. The summed E-state index contributed by atoms with van der Waals surface area (Å²) in [5.41, 5.74) is 5.17. The molecule has 0 aliphatic carbocycles. The number of amides is 1. The maximum Gasteiger partial charge on any atom is 0.251 e. The number of alkyl halides is 2. The van der Waals surface area contributed by atoms with Gasteiger partial charge in [0.05, 0.1) is 42.7 Å². The van der Waals surface area contributed by atoms with Gasteiger partial charge in [-0.1, -0.05) is 18.7 Å². The number of nitrogens with zero attached hydrogens (tertiary/aromatic N) is 5. The molecule has 5 aromatic rings. The number of hydrogen-bond donors (Lipinski definition) is 1. The normalized spacial score (nSPS) is 16.2. The van der Waals surface area contributed by atoms with E-state index in [2.05, 4.69) is 6.58 Å². The molecule has 0 saturated carbocycles. The Balaban J connectivity index is 1.45. The van der Waals surface area contributed by atoms with Crippen molar-refractivity contribution < 1.29 is 32.2 Å². The fourth-order valence-electron chi connectivity index (χ4n) is 6.87. The highest BCUT2D eigenvalue weighted by atomic mass is 32.1. The number of aliphatic hydroxyl groups is 1. The van der Waals surface area contributed by atoms with Crippen molar-refractivity contribution in [3.05, 3.63) is 89.0 Å². The van der Waals surface area contributed by atoms with Crippen LogP contribution >= 0.6 is 11.3 Å². The number of aromatic nitrogens is 3. The quantitative estimate of drug-likeness (QED) is 0.135. The molecule has 49 heavy (non-hydrogen) atoms. The topological polar surface area (TPSA) is 83.7 Å². The zero-order valence-electron chi connectivity index (χ0n) is 26.6. The average molecular weight is 692 g/mol. The van der Waals surface area contributed by atoms with Crippen LogP contribution in [0.5, 0.6) is 5.75 Å². The number of carbonyl (C=O) groups is 1. The van der Waals surface area contributed by atoms with Gasteiger partial charge in [-0.3, -0.25) is 14.4 Å². The highest BCUT2D eigenvalue weighted by Gasteiger charge is 2.31. The van der Waals surface area contributed by atoms with E-state index in [0.29, 0.717) is 65.3 Å². The molecule has 0 radical (unpaired) electrons. The molecule has 3 aromatic heterocycles. The van der Waals surface area contributed by atoms with Crippen molar-refractivity contribution in [3.8, 4) is 39.5 Å². The van der Waals surface area contributed by atoms with Gasteiger partial charge in [0.15, 0.2) is 0 Å². The van der Waals surface area contributed by atoms with Crippen LogP contribution in [-0.4, -0.2) is 74.9 Å². The molecule has 1 amide bonds. The van der Waals surface area contributed by atoms with Gasteiger partial charge < -0.3 is 14.7 Å². The molecular formula is C36H33F4N5O3S. The Bertz CT molecular complexity index is 2080. The van der Waals surface area contributed by atoms with E-state index in [-0.39, 0.29) is 43.0 Å². The molecule has 1 unspecified atom stereocenters. The van der Waals surface area contributed by atoms with Crippen LogP contribution in [0.15, 0.2) is 60.5 Å². The van der Waals surface area contributed by atoms with E-state index in [1.54, 1.807) is 14.5 Å². The van der Waals surface area contributed by atoms with E-state index in [9.17, 15) is 23.1 Å². The van der Waals surface area contributed by atoms with Crippen LogP contribution < -0.4 is 4.74 Å². The van der Waals surface area contributed by atoms with Gasteiger partial charge in [0.25, 0.3) is 6.43 Å². The van der Waals surface area contributed by atoms with Crippen LogP contribution in [0.1, 0.15) is 29.8 Å². The molecule has 0 saturated heterocycles. The van der Waals surface area contributed by atoms with Crippen LogP contribution in [-0.2, 0) is 24.3 Å². The SMILES string of the molecule is C=CC(=O)N1CCn2nc(-c3nc(-c4ccc5c(c4)CN(CC(F)F)CC5)c4ccsc4c3-c3c(F)cc(F)cc3OCCO)cc2C1C. The maximum atomic E-state index is 16.0. The van der Waals surface area contributed by atoms with E-state index >= 15 is 4.39 Å². The lowest BCUT2D eigenvalue weighted by Gasteiger charge is -2.33. The summed E-state index contributed by atoms with van der Waals surface area (Å²) in [4.78, 5) is 21.2. The van der Waals surface area contributed by atoms with Crippen molar-refractivity contribution in [1.29, 1.82) is 0 Å². The molecule has 0 fully saturated rings. The number of benzene rings is 2. The summed E-state index contributed by atoms with van der Waals surface area (Å²) in [5.74, 6) is -2.01. The molecular weight excluding hydrogens is 658 g/mol. The predicted octanol–water partition coefficient (Wildman–Crippen LogP) is 6.86. The summed E-state index contributed by atoms with van der Waals surface area (Å²) in [5, 5.41) is 17.0. The summed E-state index contributed by atoms with van der Waals surface area (Å²) in [6, 6.07) is 11.2. The molecule has 8 nitrogen and oxygen atoms in total. The van der Waals surface area contributed by atoms with E-state index < -0.39 is 18.1 Å². The van der Waals surface area contributed by atoms with Gasteiger partial charge >= 0.3 is 0 Å². The number of hydrogen-bond acceptors (Lipinski definition) is 7. The Morgan fingerprint density at radius 3 is 2.71 bits per heavy atom. The second kappa shape index (κ2) is 13.4. The zero-order valence-corrected chi connectivity index (χ0v) is 27.5. The van der Waals surface area contributed by atoms with E-state index in [1.807, 2.05) is 42.6 Å². The first-order valence-electron chi connectivity index (χ1n) is 15.9. The summed E-state index contributed by atoms with van der Waals surface area (Å²) < 4.78 is 65.2. The van der Waals surface area contributed by atoms with Crippen molar-refractivity contribution in [2.75, 3.05) is 32.8 Å². The molecule has 7 rings (SSSR count). The lowest BCUT2D eigenvalue weighted by molar-refractivity contribution is -0.129. The second-order valence-electron chi connectivity index (χ2n) is 12.1. The number of fused-ring (bicyclic) bond motifs is 3. The summed E-state index contributed by atoms with van der Waals surface area (Å²) in [7, 11) is 0. The Morgan fingerprint density at radius 1 is 1.10 bits per heavy atom. The third-order valence-electron chi connectivity index (χ3n) is 9.15. The Kier molecular flexibility index (Phi) is 8.99. The Hall–Kier alpha value is -4.59. The molecule has 1 atom stereocenters. The van der Waals surface area contributed by atoms with Crippen LogP contribution in [0.25, 0.3) is 43.9 Å². The van der Waals surface area contributed by atoms with Crippen molar-refractivity contribution in [1.82, 2.24) is 24.6 Å². The van der Waals surface area contributed by atoms with Crippen molar-refractivity contribution in [3.63, 3.8) is 0 Å². The van der Waals surface area contributed by atoms with Crippen molar-refractivity contribution in [2.24, 2.45) is 0 Å². The highest BCUT2D eigenvalue weighted by Crippen LogP contribution is 2.47. The lowest BCUT2D eigenvalue weighted by atomic mass is 9.93. The fourth-order valence-corrected chi connectivity index (χ4v) is 7.82. The minimum atomic E-state index is -2.43. The van der Waals surface area contributed by atoms with Gasteiger partial charge in [-0.15, -0.1) is 11.3 Å². The smallest absolute Gasteiger partial charge is 0.251 e. The standard InChI is InChI=1S/C36H33F4N5O3S/c1-3-31(47)44-9-10-45-28(20(44)2)17-27(42-45)35-33(32-26(38)15-24(37)16-29(32)48-12-11-46)36-25(7-13-49-36)34(41-35)22-5-4-21-6-8-43(19-30(39)40)18-23(21)14-22/h3-5,7,13-17,20,30,46H,1,6,8-12,18-19H2,2H3. The van der Waals surface area contributed by atoms with Gasteiger partial charge in [0.2, 0.25) is 5.91 Å². The van der Waals surface area contributed by atoms with Gasteiger partial charge in [-0.2, -0.15) is 5.10 Å². The molecule has 2 aromatic carbocycles. The fraction of sp³-hybridized carbons (Fsp3) is 0.306. The van der Waals surface area contributed by atoms with Crippen LogP contribution in [0.4, 0.5) is 17.6 Å². The van der Waals surface area contributed by atoms with Crippen LogP contribution in [0, 0.1) is 11.6 Å². The zero-order chi connectivity index (χ0) is 34.4. The number of aliphatic hydroxyl groups excluding tert-OH is 1. The van der Waals surface area contributed by atoms with E-state index in [4.69, 9.17) is 14.8 Å². The lowest BCUT2D eigenvalue weighted by Crippen LogP contribution is -2.40. The van der Waals surface area contributed by atoms with Crippen molar-refractivity contribution >= 4 is 27.3 Å². The number of ether oxygens (including phenoxy) is 1. The van der Waals surface area contributed by atoms with Gasteiger partial charge in [0.1, 0.15) is 35.4 Å². The molecule has 5 heterocycles. The molecule has 13 heteroatoms. The number of thiophene rings is 1. The number of halogens is 4. The molecule has 2 aliphatic rings. The third-order valence-corrected chi connectivity index (χ3v) is 10.1. The molecule has 254 valence electrons. The first kappa shape index (κ1) is 32.9. The van der Waals surface area contributed by atoms with Crippen LogP contribution in [0.3, 0.4) is 0 Å². The molecule has 2 aliphatic heterocycles. The van der Waals surface area contributed by atoms with Crippen molar-refractivity contribution in [2.45, 2.75) is 38.9 Å². The molecule has 0 spiro atoms. The monoisotopic (exact) mass is 691 g/mol. The average Bonchev–Trinajstić information content (AvgIpc) is 3.75. The van der Waals surface area contributed by atoms with Gasteiger partial charge in [-0.25, -0.2) is 22.5 Å². The predicted molar refractivity (Wildman–Crippen MR) is 180 cm³/mol. The minimum Gasteiger partial charge on any atom is -0.490 e. The van der Waals surface area contributed by atoms with Gasteiger partial charge in [-0.05, 0) is 54.1 Å². The first-order valence-corrected chi connectivity index (χ1v) is 16.8. The largest absolute Gasteiger partial charge is 0.490 e. The molecule has 0 bridgehead atoms. The second-order valence-corrected chi connectivity index (χ2v) is 13.0. The number of carbonyl (C=O) groups excluding carboxylic acids is 1.